The number of piperidine rings is 1. The van der Waals surface area contributed by atoms with Crippen LogP contribution in [0.5, 0.6) is 0 Å². The Labute approximate surface area is 158 Å². The van der Waals surface area contributed by atoms with Crippen LogP contribution >= 0.6 is 0 Å². The summed E-state index contributed by atoms with van der Waals surface area (Å²) in [6.07, 6.45) is 3.11. The molecule has 4 nitrogen and oxygen atoms in total. The van der Waals surface area contributed by atoms with Gasteiger partial charge in [0.2, 0.25) is 5.91 Å². The number of nitrogens with one attached hydrogen (secondary N) is 1. The lowest BCUT2D eigenvalue weighted by Crippen LogP contribution is -2.49. The minimum absolute atomic E-state index is 0.0123. The maximum Gasteiger partial charge on any atom is 0.223 e. The van der Waals surface area contributed by atoms with Gasteiger partial charge in [0.25, 0.3) is 0 Å². The van der Waals surface area contributed by atoms with E-state index >= 15 is 0 Å². The molecule has 1 N–H and O–H groups in total. The lowest BCUT2D eigenvalue weighted by molar-refractivity contribution is -0.145. The Morgan fingerprint density at radius 2 is 2.19 bits per heavy atom. The zero-order valence-corrected chi connectivity index (χ0v) is 16.8. The first-order valence-electron chi connectivity index (χ1n) is 10.1. The number of nitrogens with zero attached hydrogens (tertiary/aromatic N) is 1. The molecule has 0 saturated carbocycles. The first-order chi connectivity index (χ1) is 12.5. The number of carbonyl (C=O) groups excluding carboxylic acids is 1. The van der Waals surface area contributed by atoms with Crippen LogP contribution in [0.2, 0.25) is 0 Å². The summed E-state index contributed by atoms with van der Waals surface area (Å²) in [6.45, 7) is 12.0. The highest BCUT2D eigenvalue weighted by molar-refractivity contribution is 5.77. The van der Waals surface area contributed by atoms with E-state index in [9.17, 15) is 4.79 Å². The van der Waals surface area contributed by atoms with Crippen molar-refractivity contribution in [2.75, 3.05) is 26.2 Å². The van der Waals surface area contributed by atoms with Crippen LogP contribution in [-0.4, -0.2) is 43.1 Å². The number of ether oxygens (including phenoxy) is 1. The zero-order chi connectivity index (χ0) is 18.7. The number of hydrogen-bond acceptors (Lipinski definition) is 3. The van der Waals surface area contributed by atoms with E-state index in [1.165, 1.54) is 29.5 Å². The summed E-state index contributed by atoms with van der Waals surface area (Å²) < 4.78 is 6.11. The molecule has 0 spiro atoms. The van der Waals surface area contributed by atoms with Gasteiger partial charge in [-0.3, -0.25) is 4.79 Å². The number of morpholine rings is 1. The van der Waals surface area contributed by atoms with Crippen LogP contribution < -0.4 is 5.32 Å². The van der Waals surface area contributed by atoms with Crippen LogP contribution in [0.15, 0.2) is 18.2 Å². The third kappa shape index (κ3) is 4.47. The topological polar surface area (TPSA) is 41.6 Å². The second kappa shape index (κ2) is 8.53. The van der Waals surface area contributed by atoms with Gasteiger partial charge in [0.15, 0.2) is 0 Å². The van der Waals surface area contributed by atoms with Crippen LogP contribution in [-0.2, 0) is 9.53 Å². The zero-order valence-electron chi connectivity index (χ0n) is 16.8. The Bertz CT molecular complexity index is 625. The summed E-state index contributed by atoms with van der Waals surface area (Å²) in [7, 11) is 0. The Morgan fingerprint density at radius 1 is 1.38 bits per heavy atom. The highest BCUT2D eigenvalue weighted by Crippen LogP contribution is 2.30. The van der Waals surface area contributed by atoms with Gasteiger partial charge in [-0.1, -0.05) is 30.7 Å². The van der Waals surface area contributed by atoms with Crippen LogP contribution in [0.4, 0.5) is 0 Å². The van der Waals surface area contributed by atoms with Crippen molar-refractivity contribution in [1.82, 2.24) is 10.2 Å². The van der Waals surface area contributed by atoms with E-state index in [1.807, 2.05) is 0 Å². The predicted octanol–water partition coefficient (Wildman–Crippen LogP) is 3.62. The molecule has 2 aliphatic heterocycles. The van der Waals surface area contributed by atoms with Crippen molar-refractivity contribution >= 4 is 5.91 Å². The fourth-order valence-electron chi connectivity index (χ4n) is 4.32. The normalized spacial score (nSPS) is 28.0. The molecule has 4 heteroatoms. The fourth-order valence-corrected chi connectivity index (χ4v) is 4.32. The van der Waals surface area contributed by atoms with Gasteiger partial charge in [0.05, 0.1) is 19.2 Å². The molecule has 2 fully saturated rings. The van der Waals surface area contributed by atoms with Crippen LogP contribution in [0, 0.1) is 25.7 Å². The van der Waals surface area contributed by atoms with Gasteiger partial charge >= 0.3 is 0 Å². The smallest absolute Gasteiger partial charge is 0.223 e. The van der Waals surface area contributed by atoms with Crippen LogP contribution in [0.25, 0.3) is 0 Å². The SMILES string of the molecule is Cc1ccc(C)c(C2CN(C(=O)CC(C)C3CCCNC3)C(C)CO2)c1. The number of amides is 1. The van der Waals surface area contributed by atoms with Gasteiger partial charge in [-0.05, 0) is 69.7 Å². The van der Waals surface area contributed by atoms with E-state index < -0.39 is 0 Å². The molecule has 26 heavy (non-hydrogen) atoms. The van der Waals surface area contributed by atoms with Gasteiger partial charge in [0, 0.05) is 6.42 Å². The molecule has 2 saturated heterocycles. The lowest BCUT2D eigenvalue weighted by atomic mass is 9.85. The molecule has 144 valence electrons. The van der Waals surface area contributed by atoms with E-state index in [0.717, 1.165) is 13.1 Å². The van der Waals surface area contributed by atoms with Crippen molar-refractivity contribution in [2.24, 2.45) is 11.8 Å². The molecule has 2 aliphatic rings. The number of carbonyl (C=O) groups is 1. The van der Waals surface area contributed by atoms with Crippen LogP contribution in [0.3, 0.4) is 0 Å². The molecule has 0 aromatic heterocycles. The third-order valence-electron chi connectivity index (χ3n) is 6.17. The quantitative estimate of drug-likeness (QED) is 0.894. The minimum atomic E-state index is -0.0123. The monoisotopic (exact) mass is 358 g/mol. The van der Waals surface area contributed by atoms with Gasteiger partial charge in [-0.25, -0.2) is 0 Å². The van der Waals surface area contributed by atoms with Crippen molar-refractivity contribution < 1.29 is 9.53 Å². The predicted molar refractivity (Wildman–Crippen MR) is 105 cm³/mol. The molecule has 0 radical (unpaired) electrons. The number of rotatable bonds is 4. The summed E-state index contributed by atoms with van der Waals surface area (Å²) in [5.74, 6) is 1.34. The van der Waals surface area contributed by atoms with E-state index in [-0.39, 0.29) is 18.1 Å². The molecule has 4 unspecified atom stereocenters. The van der Waals surface area contributed by atoms with Gasteiger partial charge in [0.1, 0.15) is 6.10 Å². The second-order valence-electron chi connectivity index (χ2n) is 8.36. The lowest BCUT2D eigenvalue weighted by Gasteiger charge is -2.40. The average molecular weight is 359 g/mol. The molecule has 1 aromatic rings. The highest BCUT2D eigenvalue weighted by Gasteiger charge is 2.32. The van der Waals surface area contributed by atoms with Crippen molar-refractivity contribution in [3.8, 4) is 0 Å². The van der Waals surface area contributed by atoms with E-state index in [0.29, 0.717) is 31.4 Å². The van der Waals surface area contributed by atoms with Gasteiger partial charge < -0.3 is 15.0 Å². The Balaban J connectivity index is 1.65. The Hall–Kier alpha value is -1.39. The summed E-state index contributed by atoms with van der Waals surface area (Å²) in [5.41, 5.74) is 3.70. The van der Waals surface area contributed by atoms with Crippen molar-refractivity contribution in [3.05, 3.63) is 34.9 Å². The Morgan fingerprint density at radius 3 is 2.92 bits per heavy atom. The third-order valence-corrected chi connectivity index (χ3v) is 6.17. The van der Waals surface area contributed by atoms with E-state index in [2.05, 4.69) is 56.1 Å². The van der Waals surface area contributed by atoms with Crippen molar-refractivity contribution in [2.45, 2.75) is 59.1 Å². The molecule has 0 bridgehead atoms. The number of aryl methyl sites for hydroxylation is 2. The minimum Gasteiger partial charge on any atom is -0.370 e. The van der Waals surface area contributed by atoms with Gasteiger partial charge in [-0.2, -0.15) is 0 Å². The standard InChI is InChI=1S/C22H34N2O2/c1-15-7-8-16(2)20(10-15)21-13-24(18(4)14-26-21)22(25)11-17(3)19-6-5-9-23-12-19/h7-8,10,17-19,21,23H,5-6,9,11-14H2,1-4H3. The molecule has 1 amide bonds. The second-order valence-corrected chi connectivity index (χ2v) is 8.36. The molecule has 3 rings (SSSR count). The van der Waals surface area contributed by atoms with Gasteiger partial charge in [-0.15, -0.1) is 0 Å². The van der Waals surface area contributed by atoms with Crippen molar-refractivity contribution in [3.63, 3.8) is 0 Å². The number of hydrogen-bond donors (Lipinski definition) is 1. The highest BCUT2D eigenvalue weighted by atomic mass is 16.5. The summed E-state index contributed by atoms with van der Waals surface area (Å²) in [4.78, 5) is 15.1. The van der Waals surface area contributed by atoms with E-state index in [1.54, 1.807) is 0 Å². The maximum atomic E-state index is 13.0. The first-order valence-corrected chi connectivity index (χ1v) is 10.1. The van der Waals surface area contributed by atoms with Crippen molar-refractivity contribution in [1.29, 1.82) is 0 Å². The fraction of sp³-hybridized carbons (Fsp3) is 0.682. The molecule has 1 aromatic carbocycles. The Kier molecular flexibility index (Phi) is 6.36. The molecule has 2 heterocycles. The summed E-state index contributed by atoms with van der Waals surface area (Å²) in [6, 6.07) is 6.64. The molecule has 0 aliphatic carbocycles. The molecular formula is C22H34N2O2. The number of benzene rings is 1. The summed E-state index contributed by atoms with van der Waals surface area (Å²) in [5, 5.41) is 3.47. The van der Waals surface area contributed by atoms with Crippen LogP contribution in [0.1, 0.15) is 55.9 Å². The van der Waals surface area contributed by atoms with E-state index in [4.69, 9.17) is 4.74 Å². The summed E-state index contributed by atoms with van der Waals surface area (Å²) >= 11 is 0. The largest absolute Gasteiger partial charge is 0.370 e. The first kappa shape index (κ1) is 19.4. The average Bonchev–Trinajstić information content (AvgIpc) is 2.65. The molecule has 4 atom stereocenters. The maximum absolute atomic E-state index is 13.0. The molecular weight excluding hydrogens is 324 g/mol.